The highest BCUT2D eigenvalue weighted by molar-refractivity contribution is 5.94. The van der Waals surface area contributed by atoms with Crippen LogP contribution in [-0.2, 0) is 0 Å². The van der Waals surface area contributed by atoms with E-state index in [0.29, 0.717) is 5.56 Å². The van der Waals surface area contributed by atoms with Crippen LogP contribution in [0.2, 0.25) is 0 Å². The second-order valence-electron chi connectivity index (χ2n) is 3.84. The van der Waals surface area contributed by atoms with E-state index in [-0.39, 0.29) is 0 Å². The number of carbonyl (C=O) groups is 1. The molecule has 0 saturated heterocycles. The van der Waals surface area contributed by atoms with Gasteiger partial charge in [0.15, 0.2) is 0 Å². The molecule has 8 nitrogen and oxygen atoms in total. The Hall–Kier alpha value is -3.03. The molecule has 0 radical (unpaired) electrons. The predicted octanol–water partition coefficient (Wildman–Crippen LogP) is -0.0531. The Balaban J connectivity index is 2.18. The zero-order valence-corrected chi connectivity index (χ0v) is 9.71. The van der Waals surface area contributed by atoms with Crippen LogP contribution >= 0.6 is 0 Å². The molecule has 3 aromatic rings. The van der Waals surface area contributed by atoms with Gasteiger partial charge in [0, 0.05) is 5.56 Å². The number of hydrogen-bond donors (Lipinski definition) is 1. The van der Waals surface area contributed by atoms with Gasteiger partial charge in [-0.15, -0.1) is 20.4 Å². The molecule has 8 heteroatoms. The molecule has 3 rings (SSSR count). The van der Waals surface area contributed by atoms with Gasteiger partial charge >= 0.3 is 0 Å². The molecule has 0 spiro atoms. The molecule has 0 saturated carbocycles. The summed E-state index contributed by atoms with van der Waals surface area (Å²) < 4.78 is 3.36. The highest BCUT2D eigenvalue weighted by atomic mass is 16.1. The lowest BCUT2D eigenvalue weighted by Crippen LogP contribution is -2.12. The molecule has 0 bridgehead atoms. The van der Waals surface area contributed by atoms with Gasteiger partial charge in [-0.05, 0) is 18.2 Å². The van der Waals surface area contributed by atoms with Crippen molar-refractivity contribution in [2.75, 3.05) is 0 Å². The minimum atomic E-state index is -0.510. The molecular formula is C11H9N7O. The Morgan fingerprint density at radius 2 is 1.26 bits per heavy atom. The summed E-state index contributed by atoms with van der Waals surface area (Å²) in [5.74, 6) is -0.510. The van der Waals surface area contributed by atoms with Gasteiger partial charge < -0.3 is 5.73 Å². The molecular weight excluding hydrogens is 246 g/mol. The molecule has 1 aromatic carbocycles. The molecule has 19 heavy (non-hydrogen) atoms. The predicted molar refractivity (Wildman–Crippen MR) is 64.8 cm³/mol. The maximum atomic E-state index is 11.4. The number of carbonyl (C=O) groups excluding carboxylic acids is 1. The third-order valence-corrected chi connectivity index (χ3v) is 2.62. The van der Waals surface area contributed by atoms with Crippen molar-refractivity contribution in [2.45, 2.75) is 0 Å². The Kier molecular flexibility index (Phi) is 2.53. The summed E-state index contributed by atoms with van der Waals surface area (Å²) in [6.07, 6.45) is 6.15. The number of aromatic nitrogens is 6. The summed E-state index contributed by atoms with van der Waals surface area (Å²) in [6.45, 7) is 0. The molecule has 2 heterocycles. The van der Waals surface area contributed by atoms with Gasteiger partial charge in [0.05, 0.1) is 11.4 Å². The summed E-state index contributed by atoms with van der Waals surface area (Å²) >= 11 is 0. The molecule has 0 atom stereocenters. The smallest absolute Gasteiger partial charge is 0.248 e. The van der Waals surface area contributed by atoms with E-state index in [2.05, 4.69) is 20.4 Å². The van der Waals surface area contributed by atoms with Crippen molar-refractivity contribution in [1.82, 2.24) is 29.5 Å². The lowest BCUT2D eigenvalue weighted by Gasteiger charge is -2.08. The van der Waals surface area contributed by atoms with Gasteiger partial charge in [-0.1, -0.05) is 0 Å². The minimum absolute atomic E-state index is 0.384. The summed E-state index contributed by atoms with van der Waals surface area (Å²) in [5.41, 5.74) is 7.18. The number of primary amides is 1. The van der Waals surface area contributed by atoms with E-state index < -0.39 is 5.91 Å². The van der Waals surface area contributed by atoms with Crippen molar-refractivity contribution in [3.8, 4) is 11.4 Å². The second kappa shape index (κ2) is 4.33. The Morgan fingerprint density at radius 1 is 0.842 bits per heavy atom. The monoisotopic (exact) mass is 255 g/mol. The summed E-state index contributed by atoms with van der Waals surface area (Å²) in [6, 6.07) is 5.18. The van der Waals surface area contributed by atoms with Gasteiger partial charge in [-0.25, -0.2) is 0 Å². The quantitative estimate of drug-likeness (QED) is 0.706. The first-order chi connectivity index (χ1) is 9.24. The maximum Gasteiger partial charge on any atom is 0.248 e. The fourth-order valence-electron chi connectivity index (χ4n) is 1.70. The fourth-order valence-corrected chi connectivity index (χ4v) is 1.70. The Bertz CT molecular complexity index is 650. The van der Waals surface area contributed by atoms with Crippen molar-refractivity contribution in [3.63, 3.8) is 0 Å². The fraction of sp³-hybridized carbons (Fsp3) is 0. The van der Waals surface area contributed by atoms with Crippen molar-refractivity contribution in [2.24, 2.45) is 5.73 Å². The largest absolute Gasteiger partial charge is 0.366 e. The molecule has 0 unspecified atom stereocenters. The minimum Gasteiger partial charge on any atom is -0.366 e. The molecule has 0 aliphatic heterocycles. The zero-order chi connectivity index (χ0) is 13.2. The van der Waals surface area contributed by atoms with Crippen molar-refractivity contribution in [3.05, 3.63) is 49.1 Å². The van der Waals surface area contributed by atoms with E-state index in [9.17, 15) is 4.79 Å². The SMILES string of the molecule is NC(=O)c1cc(-n2cnnc2)cc(-n2cnnc2)c1. The van der Waals surface area contributed by atoms with E-state index in [1.807, 2.05) is 6.07 Å². The van der Waals surface area contributed by atoms with Crippen molar-refractivity contribution < 1.29 is 4.79 Å². The highest BCUT2D eigenvalue weighted by Crippen LogP contribution is 2.16. The molecule has 2 aromatic heterocycles. The number of nitrogens with zero attached hydrogens (tertiary/aromatic N) is 6. The molecule has 94 valence electrons. The summed E-state index contributed by atoms with van der Waals surface area (Å²) in [5, 5.41) is 14.9. The topological polar surface area (TPSA) is 105 Å². The average Bonchev–Trinajstić information content (AvgIpc) is 3.11. The van der Waals surface area contributed by atoms with E-state index in [1.54, 1.807) is 21.3 Å². The molecule has 0 aliphatic carbocycles. The zero-order valence-electron chi connectivity index (χ0n) is 9.71. The normalized spacial score (nSPS) is 10.5. The van der Waals surface area contributed by atoms with E-state index in [1.165, 1.54) is 25.3 Å². The van der Waals surface area contributed by atoms with Crippen LogP contribution in [0.15, 0.2) is 43.5 Å². The molecule has 2 N–H and O–H groups in total. The van der Waals surface area contributed by atoms with Crippen molar-refractivity contribution in [1.29, 1.82) is 0 Å². The van der Waals surface area contributed by atoms with Gasteiger partial charge in [0.2, 0.25) is 5.91 Å². The number of rotatable bonds is 3. The number of hydrogen-bond acceptors (Lipinski definition) is 5. The summed E-state index contributed by atoms with van der Waals surface area (Å²) in [4.78, 5) is 11.4. The van der Waals surface area contributed by atoms with Gasteiger partial charge in [-0.3, -0.25) is 13.9 Å². The maximum absolute atomic E-state index is 11.4. The average molecular weight is 255 g/mol. The van der Waals surface area contributed by atoms with Crippen LogP contribution in [0.25, 0.3) is 11.4 Å². The first-order valence-corrected chi connectivity index (χ1v) is 5.39. The standard InChI is InChI=1S/C11H9N7O/c12-11(19)8-1-9(17-4-13-14-5-17)3-10(2-8)18-6-15-16-7-18/h1-7H,(H2,12,19). The molecule has 1 amide bonds. The number of benzene rings is 1. The van der Waals surface area contributed by atoms with Crippen molar-refractivity contribution >= 4 is 5.91 Å². The van der Waals surface area contributed by atoms with E-state index in [0.717, 1.165) is 11.4 Å². The van der Waals surface area contributed by atoms with Crippen LogP contribution in [0.5, 0.6) is 0 Å². The molecule has 0 fully saturated rings. The third kappa shape index (κ3) is 2.06. The second-order valence-corrected chi connectivity index (χ2v) is 3.84. The first kappa shape index (κ1) is 11.1. The van der Waals surface area contributed by atoms with Crippen LogP contribution in [-0.4, -0.2) is 35.4 Å². The van der Waals surface area contributed by atoms with Crippen LogP contribution in [0.3, 0.4) is 0 Å². The van der Waals surface area contributed by atoms with E-state index in [4.69, 9.17) is 5.73 Å². The lowest BCUT2D eigenvalue weighted by atomic mass is 10.1. The Labute approximate surface area is 107 Å². The third-order valence-electron chi connectivity index (χ3n) is 2.62. The molecule has 0 aliphatic rings. The van der Waals surface area contributed by atoms with Crippen LogP contribution in [0.4, 0.5) is 0 Å². The van der Waals surface area contributed by atoms with Crippen LogP contribution in [0.1, 0.15) is 10.4 Å². The highest BCUT2D eigenvalue weighted by Gasteiger charge is 2.08. The van der Waals surface area contributed by atoms with Crippen LogP contribution < -0.4 is 5.73 Å². The van der Waals surface area contributed by atoms with Gasteiger partial charge in [0.25, 0.3) is 0 Å². The van der Waals surface area contributed by atoms with Crippen LogP contribution in [0, 0.1) is 0 Å². The van der Waals surface area contributed by atoms with Gasteiger partial charge in [-0.2, -0.15) is 0 Å². The van der Waals surface area contributed by atoms with Gasteiger partial charge in [0.1, 0.15) is 25.3 Å². The van der Waals surface area contributed by atoms with E-state index >= 15 is 0 Å². The lowest BCUT2D eigenvalue weighted by molar-refractivity contribution is 0.1000. The number of amides is 1. The summed E-state index contributed by atoms with van der Waals surface area (Å²) in [7, 11) is 0. The number of nitrogens with two attached hydrogens (primary N) is 1. The first-order valence-electron chi connectivity index (χ1n) is 5.39. The Morgan fingerprint density at radius 3 is 1.63 bits per heavy atom.